The van der Waals surface area contributed by atoms with Crippen LogP contribution in [0.3, 0.4) is 0 Å². The summed E-state index contributed by atoms with van der Waals surface area (Å²) in [5.74, 6) is -1.33. The van der Waals surface area contributed by atoms with Gasteiger partial charge in [0.25, 0.3) is 0 Å². The van der Waals surface area contributed by atoms with Crippen molar-refractivity contribution in [3.05, 3.63) is 90.0 Å². The number of rotatable bonds is 10. The van der Waals surface area contributed by atoms with Gasteiger partial charge in [-0.25, -0.2) is 0 Å². The number of quaternary nitrogens is 1. The number of benzene rings is 3. The molecular formula is C31H29N4O6+. The number of ether oxygens (including phenoxy) is 1. The van der Waals surface area contributed by atoms with Gasteiger partial charge in [0.15, 0.2) is 0 Å². The zero-order valence-electron chi connectivity index (χ0n) is 22.6. The zero-order valence-corrected chi connectivity index (χ0v) is 22.6. The van der Waals surface area contributed by atoms with E-state index in [1.165, 1.54) is 4.90 Å². The van der Waals surface area contributed by atoms with Gasteiger partial charge in [0.2, 0.25) is 0 Å². The first kappa shape index (κ1) is 27.4. The summed E-state index contributed by atoms with van der Waals surface area (Å²) in [5.41, 5.74) is 5.25. The van der Waals surface area contributed by atoms with Crippen molar-refractivity contribution < 1.29 is 34.3 Å². The van der Waals surface area contributed by atoms with Crippen molar-refractivity contribution in [3.8, 4) is 28.2 Å². The van der Waals surface area contributed by atoms with Crippen LogP contribution < -0.4 is 20.3 Å². The van der Waals surface area contributed by atoms with Crippen LogP contribution in [0.15, 0.2) is 88.4 Å². The van der Waals surface area contributed by atoms with Gasteiger partial charge in [0.1, 0.15) is 42.5 Å². The van der Waals surface area contributed by atoms with Gasteiger partial charge in [0, 0.05) is 41.9 Å². The van der Waals surface area contributed by atoms with Crippen molar-refractivity contribution in [1.82, 2.24) is 4.98 Å². The number of hydrogen-bond donors (Lipinski definition) is 3. The molecule has 0 atom stereocenters. The average Bonchev–Trinajstić information content (AvgIpc) is 2.97. The molecule has 2 aromatic carbocycles. The first-order chi connectivity index (χ1) is 19.9. The molecule has 1 aliphatic carbocycles. The Balaban J connectivity index is 1.72. The van der Waals surface area contributed by atoms with Gasteiger partial charge in [-0.2, -0.15) is 0 Å². The van der Waals surface area contributed by atoms with Gasteiger partial charge in [-0.05, 0) is 54.1 Å². The molecular weight excluding hydrogens is 524 g/mol. The summed E-state index contributed by atoms with van der Waals surface area (Å²) in [4.78, 5) is 33.1. The molecule has 0 radical (unpaired) electrons. The molecule has 3 aromatic rings. The van der Waals surface area contributed by atoms with Gasteiger partial charge < -0.3 is 29.6 Å². The molecule has 1 aromatic heterocycles. The van der Waals surface area contributed by atoms with Gasteiger partial charge in [-0.1, -0.05) is 12.1 Å². The lowest BCUT2D eigenvalue weighted by molar-refractivity contribution is -0.539. The number of aliphatic carboxylic acids is 2. The number of aromatic nitrogens is 1. The van der Waals surface area contributed by atoms with Gasteiger partial charge in [-0.15, -0.1) is 0 Å². The predicted molar refractivity (Wildman–Crippen MR) is 153 cm³/mol. The number of carbonyl (C=O) groups is 2. The molecule has 10 nitrogen and oxygen atoms in total. The summed E-state index contributed by atoms with van der Waals surface area (Å²) >= 11 is 0. The highest BCUT2D eigenvalue weighted by Crippen LogP contribution is 2.43. The molecule has 41 heavy (non-hydrogen) atoms. The Morgan fingerprint density at radius 1 is 1.00 bits per heavy atom. The summed E-state index contributed by atoms with van der Waals surface area (Å²) in [7, 11) is 3.68. The molecule has 0 unspecified atom stereocenters. The number of pyridine rings is 1. The molecule has 0 bridgehead atoms. The predicted octanol–water partition coefficient (Wildman–Crippen LogP) is 3.51. The molecule has 0 saturated carbocycles. The number of nitrogens with two attached hydrogens (primary N) is 1. The summed E-state index contributed by atoms with van der Waals surface area (Å²) in [6, 6.07) is 22.5. The molecule has 4 N–H and O–H groups in total. The first-order valence-corrected chi connectivity index (χ1v) is 12.9. The third-order valence-corrected chi connectivity index (χ3v) is 6.66. The second-order valence-corrected chi connectivity index (χ2v) is 9.36. The van der Waals surface area contributed by atoms with Crippen molar-refractivity contribution in [1.29, 1.82) is 0 Å². The standard InChI is InChI=1S/C31H28N4O6/c1-32-20-7-9-23-26(14-20)41-27-15-21(33-2)8-10-24(27)31(23)19-6-11-25(35(16-29(36)37)17-30(38)39)28(13-19)40-18-22-5-3-4-12-34-22/h3-15,32H,16-18H2,1-2H3,(H,36,37)(H,38,39)/p+1. The zero-order chi connectivity index (χ0) is 28.9. The normalized spacial score (nSPS) is 11.6. The first-order valence-electron chi connectivity index (χ1n) is 12.9. The van der Waals surface area contributed by atoms with Crippen molar-refractivity contribution in [2.24, 2.45) is 4.99 Å². The topological polar surface area (TPSA) is 142 Å². The van der Waals surface area contributed by atoms with Crippen molar-refractivity contribution in [2.75, 3.05) is 32.1 Å². The second kappa shape index (κ2) is 11.9. The number of fused-ring (bicyclic) bond motifs is 2. The molecule has 0 fully saturated rings. The fourth-order valence-corrected chi connectivity index (χ4v) is 4.76. The molecule has 208 valence electrons. The van der Waals surface area contributed by atoms with Crippen LogP contribution in [-0.4, -0.2) is 54.3 Å². The third-order valence-electron chi connectivity index (χ3n) is 6.66. The summed E-state index contributed by atoms with van der Waals surface area (Å²) in [6.45, 7) is -0.920. The van der Waals surface area contributed by atoms with Crippen LogP contribution in [0.4, 0.5) is 11.4 Å². The Bertz CT molecular complexity index is 1750. The SMILES string of the molecule is CN=c1ccc2c(-c3ccc(N(CC(=O)O)CC(=O)O)c(OCc4ccccn4)c3)c3ccc([NH2+]C)cc3oc-2c1. The van der Waals surface area contributed by atoms with Crippen LogP contribution in [0.5, 0.6) is 5.75 Å². The highest BCUT2D eigenvalue weighted by molar-refractivity contribution is 6.02. The number of carboxylic acid groups (broad SMARTS) is 2. The molecule has 10 heteroatoms. The van der Waals surface area contributed by atoms with Crippen LogP contribution in [-0.2, 0) is 16.2 Å². The van der Waals surface area contributed by atoms with E-state index in [1.54, 1.807) is 31.4 Å². The van der Waals surface area contributed by atoms with E-state index < -0.39 is 25.0 Å². The fraction of sp³-hybridized carbons (Fsp3) is 0.161. The maximum absolute atomic E-state index is 11.6. The molecule has 0 saturated heterocycles. The molecule has 0 spiro atoms. The maximum Gasteiger partial charge on any atom is 0.323 e. The molecule has 1 aliphatic heterocycles. The van der Waals surface area contributed by atoms with E-state index in [1.807, 2.05) is 67.0 Å². The molecule has 0 amide bonds. The quantitative estimate of drug-likeness (QED) is 0.176. The summed E-state index contributed by atoms with van der Waals surface area (Å²) in [6.07, 6.45) is 1.65. The van der Waals surface area contributed by atoms with Crippen LogP contribution in [0.1, 0.15) is 5.69 Å². The van der Waals surface area contributed by atoms with Crippen molar-refractivity contribution >= 4 is 34.3 Å². The lowest BCUT2D eigenvalue weighted by Gasteiger charge is -2.24. The van der Waals surface area contributed by atoms with Crippen molar-refractivity contribution in [2.45, 2.75) is 6.61 Å². The summed E-state index contributed by atoms with van der Waals surface area (Å²) < 4.78 is 12.5. The third kappa shape index (κ3) is 6.02. The number of carboxylic acids is 2. The monoisotopic (exact) mass is 553 g/mol. The molecule has 2 heterocycles. The second-order valence-electron chi connectivity index (χ2n) is 9.36. The smallest absolute Gasteiger partial charge is 0.323 e. The fourth-order valence-electron chi connectivity index (χ4n) is 4.76. The van der Waals surface area contributed by atoms with E-state index in [4.69, 9.17) is 9.15 Å². The Hall–Kier alpha value is -5.22. The Labute approximate surface area is 235 Å². The lowest BCUT2D eigenvalue weighted by Crippen LogP contribution is -2.72. The Morgan fingerprint density at radius 3 is 2.49 bits per heavy atom. The summed E-state index contributed by atoms with van der Waals surface area (Å²) in [5, 5.41) is 22.7. The lowest BCUT2D eigenvalue weighted by atomic mass is 9.93. The maximum atomic E-state index is 11.6. The Kier molecular flexibility index (Phi) is 7.93. The van der Waals surface area contributed by atoms with Crippen LogP contribution >= 0.6 is 0 Å². The van der Waals surface area contributed by atoms with E-state index in [0.717, 1.165) is 33.1 Å². The van der Waals surface area contributed by atoms with E-state index in [0.29, 0.717) is 28.5 Å². The van der Waals surface area contributed by atoms with Crippen molar-refractivity contribution in [3.63, 3.8) is 0 Å². The minimum absolute atomic E-state index is 0.105. The number of anilines is 1. The highest BCUT2D eigenvalue weighted by Gasteiger charge is 2.22. The van der Waals surface area contributed by atoms with E-state index in [2.05, 4.69) is 9.98 Å². The van der Waals surface area contributed by atoms with Crippen LogP contribution in [0, 0.1) is 0 Å². The number of nitrogens with zero attached hydrogens (tertiary/aromatic N) is 3. The van der Waals surface area contributed by atoms with Gasteiger partial charge in [-0.3, -0.25) is 19.6 Å². The molecule has 2 aliphatic rings. The largest absolute Gasteiger partial charge is 0.485 e. The minimum Gasteiger partial charge on any atom is -0.485 e. The van der Waals surface area contributed by atoms with E-state index in [-0.39, 0.29) is 6.61 Å². The average molecular weight is 554 g/mol. The van der Waals surface area contributed by atoms with E-state index >= 15 is 0 Å². The van der Waals surface area contributed by atoms with Crippen LogP contribution in [0.2, 0.25) is 0 Å². The minimum atomic E-state index is -1.16. The van der Waals surface area contributed by atoms with Crippen LogP contribution in [0.25, 0.3) is 33.4 Å². The van der Waals surface area contributed by atoms with Gasteiger partial charge in [0.05, 0.1) is 23.8 Å². The number of hydrogen-bond acceptors (Lipinski definition) is 7. The van der Waals surface area contributed by atoms with E-state index in [9.17, 15) is 19.8 Å². The Morgan fingerprint density at radius 2 is 1.80 bits per heavy atom. The van der Waals surface area contributed by atoms with Gasteiger partial charge >= 0.3 is 11.9 Å². The highest BCUT2D eigenvalue weighted by atomic mass is 16.5. The molecule has 5 rings (SSSR count).